The molecule has 0 aromatic carbocycles. The van der Waals surface area contributed by atoms with Gasteiger partial charge in [-0.3, -0.25) is 0 Å². The fourth-order valence-electron chi connectivity index (χ4n) is 1.25. The van der Waals surface area contributed by atoms with Gasteiger partial charge in [0.1, 0.15) is 11.4 Å². The first-order chi connectivity index (χ1) is 8.61. The summed E-state index contributed by atoms with van der Waals surface area (Å²) in [6.07, 6.45) is 3.01. The fraction of sp³-hybridized carbons (Fsp3) is 0.200. The molecule has 8 heteroatoms. The zero-order valence-corrected chi connectivity index (χ0v) is 10.6. The van der Waals surface area contributed by atoms with Crippen LogP contribution in [0, 0.1) is 0 Å². The maximum Gasteiger partial charge on any atom is 0.340 e. The Morgan fingerprint density at radius 2 is 2.33 bits per heavy atom. The summed E-state index contributed by atoms with van der Waals surface area (Å²) in [7, 11) is 3.12. The predicted octanol–water partition coefficient (Wildman–Crippen LogP) is 0.730. The van der Waals surface area contributed by atoms with Crippen molar-refractivity contribution in [1.82, 2.24) is 19.7 Å². The quantitative estimate of drug-likeness (QED) is 0.817. The second-order valence-corrected chi connectivity index (χ2v) is 4.42. The summed E-state index contributed by atoms with van der Waals surface area (Å²) in [5.74, 6) is -0.491. The van der Waals surface area contributed by atoms with E-state index in [9.17, 15) is 4.79 Å². The van der Waals surface area contributed by atoms with E-state index in [2.05, 4.69) is 19.9 Å². The second kappa shape index (κ2) is 5.05. The first-order valence-corrected chi connectivity index (χ1v) is 5.79. The fourth-order valence-corrected chi connectivity index (χ4v) is 2.00. The summed E-state index contributed by atoms with van der Waals surface area (Å²) < 4.78 is 6.39. The van der Waals surface area contributed by atoms with Crippen LogP contribution in [0.2, 0.25) is 0 Å². The Morgan fingerprint density at radius 3 is 2.94 bits per heavy atom. The van der Waals surface area contributed by atoms with Gasteiger partial charge in [-0.15, -0.1) is 10.2 Å². The van der Waals surface area contributed by atoms with Crippen LogP contribution in [0.15, 0.2) is 28.8 Å². The molecule has 7 nitrogen and oxygen atoms in total. The minimum atomic E-state index is -0.491. The molecule has 0 atom stereocenters. The lowest BCUT2D eigenvalue weighted by Gasteiger charge is -2.05. The first kappa shape index (κ1) is 12.4. The minimum absolute atomic E-state index is 0.282. The SMILES string of the molecule is COC(=O)c1cc(Sc2nncn2C)ncc1N. The van der Waals surface area contributed by atoms with Gasteiger partial charge < -0.3 is 15.0 Å². The lowest BCUT2D eigenvalue weighted by Crippen LogP contribution is -2.06. The zero-order chi connectivity index (χ0) is 13.1. The van der Waals surface area contributed by atoms with Crippen molar-refractivity contribution in [3.8, 4) is 0 Å². The summed E-state index contributed by atoms with van der Waals surface area (Å²) in [5, 5.41) is 8.94. The molecule has 0 bridgehead atoms. The number of methoxy groups -OCH3 is 1. The van der Waals surface area contributed by atoms with Crippen molar-refractivity contribution >= 4 is 23.4 Å². The lowest BCUT2D eigenvalue weighted by atomic mass is 10.2. The number of ether oxygens (including phenoxy) is 1. The maximum atomic E-state index is 11.5. The van der Waals surface area contributed by atoms with Crippen molar-refractivity contribution in [2.75, 3.05) is 12.8 Å². The van der Waals surface area contributed by atoms with E-state index in [0.29, 0.717) is 10.2 Å². The number of carbonyl (C=O) groups excluding carboxylic acids is 1. The molecule has 0 aliphatic heterocycles. The molecule has 94 valence electrons. The van der Waals surface area contributed by atoms with E-state index in [0.717, 1.165) is 0 Å². The highest BCUT2D eigenvalue weighted by atomic mass is 32.2. The molecular formula is C10H11N5O2S. The van der Waals surface area contributed by atoms with Crippen molar-refractivity contribution in [3.63, 3.8) is 0 Å². The van der Waals surface area contributed by atoms with Gasteiger partial charge in [0.2, 0.25) is 0 Å². The Balaban J connectivity index is 2.30. The van der Waals surface area contributed by atoms with Crippen LogP contribution in [0.1, 0.15) is 10.4 Å². The van der Waals surface area contributed by atoms with Crippen LogP contribution in [-0.2, 0) is 11.8 Å². The third-order valence-corrected chi connectivity index (χ3v) is 3.17. The van der Waals surface area contributed by atoms with Crippen molar-refractivity contribution in [2.24, 2.45) is 7.05 Å². The number of hydrogen-bond acceptors (Lipinski definition) is 7. The molecule has 0 saturated heterocycles. The number of nitrogens with two attached hydrogens (primary N) is 1. The first-order valence-electron chi connectivity index (χ1n) is 4.97. The average molecular weight is 265 g/mol. The highest BCUT2D eigenvalue weighted by Gasteiger charge is 2.13. The van der Waals surface area contributed by atoms with E-state index in [1.54, 1.807) is 17.0 Å². The minimum Gasteiger partial charge on any atom is -0.465 e. The van der Waals surface area contributed by atoms with Crippen molar-refractivity contribution in [3.05, 3.63) is 24.2 Å². The molecule has 0 spiro atoms. The molecule has 2 rings (SSSR count). The molecule has 0 fully saturated rings. The Bertz CT molecular complexity index is 583. The van der Waals surface area contributed by atoms with Gasteiger partial charge in [0.05, 0.1) is 24.6 Å². The predicted molar refractivity (Wildman–Crippen MR) is 65.1 cm³/mol. The molecule has 0 aliphatic carbocycles. The second-order valence-electron chi connectivity index (χ2n) is 3.43. The molecule has 0 amide bonds. The van der Waals surface area contributed by atoms with Crippen molar-refractivity contribution in [2.45, 2.75) is 10.2 Å². The lowest BCUT2D eigenvalue weighted by molar-refractivity contribution is 0.0601. The van der Waals surface area contributed by atoms with E-state index in [4.69, 9.17) is 5.73 Å². The zero-order valence-electron chi connectivity index (χ0n) is 9.82. The molecule has 0 radical (unpaired) electrons. The van der Waals surface area contributed by atoms with Gasteiger partial charge in [-0.1, -0.05) is 0 Å². The molecule has 2 aromatic rings. The van der Waals surface area contributed by atoms with Crippen LogP contribution in [0.3, 0.4) is 0 Å². The van der Waals surface area contributed by atoms with E-state index in [1.165, 1.54) is 25.1 Å². The van der Waals surface area contributed by atoms with Crippen LogP contribution in [0.25, 0.3) is 0 Å². The van der Waals surface area contributed by atoms with Gasteiger partial charge in [0.25, 0.3) is 0 Å². The number of rotatable bonds is 3. The molecule has 2 heterocycles. The number of carbonyl (C=O) groups is 1. The number of nitrogen functional groups attached to an aromatic ring is 1. The van der Waals surface area contributed by atoms with Gasteiger partial charge in [-0.2, -0.15) is 0 Å². The van der Waals surface area contributed by atoms with Crippen LogP contribution in [0.5, 0.6) is 0 Å². The summed E-state index contributed by atoms with van der Waals surface area (Å²) in [4.78, 5) is 15.6. The number of anilines is 1. The standard InChI is InChI=1S/C10H11N5O2S/c1-15-5-13-14-10(15)18-8-3-6(9(16)17-2)7(11)4-12-8/h3-5H,11H2,1-2H3. The smallest absolute Gasteiger partial charge is 0.340 e. The number of pyridine rings is 1. The van der Waals surface area contributed by atoms with Crippen LogP contribution < -0.4 is 5.73 Å². The van der Waals surface area contributed by atoms with Crippen molar-refractivity contribution in [1.29, 1.82) is 0 Å². The van der Waals surface area contributed by atoms with Gasteiger partial charge >= 0.3 is 5.97 Å². The summed E-state index contributed by atoms with van der Waals surface area (Å²) in [6, 6.07) is 1.57. The van der Waals surface area contributed by atoms with Crippen LogP contribution >= 0.6 is 11.8 Å². The summed E-state index contributed by atoms with van der Waals surface area (Å²) in [5.41, 5.74) is 6.23. The molecule has 2 aromatic heterocycles. The average Bonchev–Trinajstić information content (AvgIpc) is 2.76. The van der Waals surface area contributed by atoms with Crippen LogP contribution in [-0.4, -0.2) is 32.8 Å². The maximum absolute atomic E-state index is 11.5. The van der Waals surface area contributed by atoms with Gasteiger partial charge in [0, 0.05) is 7.05 Å². The highest BCUT2D eigenvalue weighted by Crippen LogP contribution is 2.25. The summed E-state index contributed by atoms with van der Waals surface area (Å²) in [6.45, 7) is 0. The molecule has 0 aliphatic rings. The van der Waals surface area contributed by atoms with Gasteiger partial charge in [0.15, 0.2) is 5.16 Å². The molecule has 0 saturated carbocycles. The largest absolute Gasteiger partial charge is 0.465 e. The van der Waals surface area contributed by atoms with Gasteiger partial charge in [-0.25, -0.2) is 9.78 Å². The van der Waals surface area contributed by atoms with Crippen LogP contribution in [0.4, 0.5) is 5.69 Å². The topological polar surface area (TPSA) is 95.9 Å². The summed E-state index contributed by atoms with van der Waals surface area (Å²) >= 11 is 1.29. The van der Waals surface area contributed by atoms with Gasteiger partial charge in [-0.05, 0) is 17.8 Å². The molecule has 0 unspecified atom stereocenters. The Kier molecular flexibility index (Phi) is 3.47. The normalized spacial score (nSPS) is 10.3. The molecular weight excluding hydrogens is 254 g/mol. The van der Waals surface area contributed by atoms with Crippen molar-refractivity contribution < 1.29 is 9.53 Å². The molecule has 18 heavy (non-hydrogen) atoms. The third kappa shape index (κ3) is 2.43. The third-order valence-electron chi connectivity index (χ3n) is 2.18. The highest BCUT2D eigenvalue weighted by molar-refractivity contribution is 7.99. The number of esters is 1. The Hall–Kier alpha value is -2.09. The number of nitrogens with zero attached hydrogens (tertiary/aromatic N) is 4. The van der Waals surface area contributed by atoms with E-state index in [-0.39, 0.29) is 11.3 Å². The number of aromatic nitrogens is 4. The molecule has 2 N–H and O–H groups in total. The number of aryl methyl sites for hydroxylation is 1. The van der Waals surface area contributed by atoms with E-state index >= 15 is 0 Å². The number of hydrogen-bond donors (Lipinski definition) is 1. The Morgan fingerprint density at radius 1 is 1.56 bits per heavy atom. The monoisotopic (exact) mass is 265 g/mol. The Labute approximate surface area is 107 Å². The van der Waals surface area contributed by atoms with E-state index < -0.39 is 5.97 Å². The van der Waals surface area contributed by atoms with E-state index in [1.807, 2.05) is 7.05 Å².